The molecule has 3 fully saturated rings. The van der Waals surface area contributed by atoms with Gasteiger partial charge in [-0.3, -0.25) is 29.6 Å². The highest BCUT2D eigenvalue weighted by molar-refractivity contribution is 7.17. The molecule has 3 aromatic heterocycles. The lowest BCUT2D eigenvalue weighted by atomic mass is 9.91. The minimum Gasteiger partial charge on any atom is -0.370 e. The van der Waals surface area contributed by atoms with Crippen molar-refractivity contribution in [2.75, 3.05) is 60.9 Å². The fourth-order valence-corrected chi connectivity index (χ4v) is 6.64. The molecule has 12 nitrogen and oxygen atoms in total. The van der Waals surface area contributed by atoms with Gasteiger partial charge in [-0.25, -0.2) is 15.0 Å². The van der Waals surface area contributed by atoms with Crippen LogP contribution in [0.3, 0.4) is 0 Å². The standard InChI is InChI=1S/C29H35N9O3S/c1-19-32-25(34-29-31-16-23(18-39)42-29)13-26(33-19)38-10-8-36(9-11-38)17-20-4-6-37(7-5-20)22-12-21(14-30-15-22)24-2-3-27(40)35-28(24)41/h12-16,18,20,24H,2-11,17H2,1H3,(H,35,40,41)(H,31,32,33,34). The number of imide groups is 1. The smallest absolute Gasteiger partial charge is 0.234 e. The summed E-state index contributed by atoms with van der Waals surface area (Å²) in [6, 6.07) is 4.02. The Bertz CT molecular complexity index is 1450. The molecule has 2 N–H and O–H groups in total. The van der Waals surface area contributed by atoms with Crippen LogP contribution in [0.25, 0.3) is 0 Å². The highest BCUT2D eigenvalue weighted by atomic mass is 32.1. The van der Waals surface area contributed by atoms with Gasteiger partial charge in [0.1, 0.15) is 17.5 Å². The van der Waals surface area contributed by atoms with Crippen molar-refractivity contribution in [2.45, 2.75) is 38.5 Å². The Labute approximate surface area is 248 Å². The molecule has 0 radical (unpaired) electrons. The van der Waals surface area contributed by atoms with Crippen molar-refractivity contribution in [2.24, 2.45) is 5.92 Å². The average Bonchev–Trinajstić information content (AvgIpc) is 3.45. The third kappa shape index (κ3) is 6.57. The summed E-state index contributed by atoms with van der Waals surface area (Å²) >= 11 is 1.30. The predicted molar refractivity (Wildman–Crippen MR) is 161 cm³/mol. The van der Waals surface area contributed by atoms with Crippen LogP contribution in [-0.2, 0) is 9.59 Å². The summed E-state index contributed by atoms with van der Waals surface area (Å²) in [5.74, 6) is 2.18. The number of anilines is 4. The van der Waals surface area contributed by atoms with Crippen LogP contribution in [0, 0.1) is 12.8 Å². The monoisotopic (exact) mass is 589 g/mol. The van der Waals surface area contributed by atoms with E-state index in [1.54, 1.807) is 12.4 Å². The second-order valence-corrected chi connectivity index (χ2v) is 12.2. The summed E-state index contributed by atoms with van der Waals surface area (Å²) in [5, 5.41) is 6.29. The number of thiazole rings is 1. The molecule has 3 saturated heterocycles. The molecular weight excluding hydrogens is 554 g/mol. The fourth-order valence-electron chi connectivity index (χ4n) is 6.00. The SMILES string of the molecule is Cc1nc(Nc2ncc(C=O)s2)cc(N2CCN(CC3CCN(c4cncc(C5CCC(=O)NC5=O)c4)CC3)CC2)n1. The van der Waals surface area contributed by atoms with Gasteiger partial charge < -0.3 is 15.1 Å². The van der Waals surface area contributed by atoms with E-state index in [-0.39, 0.29) is 17.7 Å². The van der Waals surface area contributed by atoms with Gasteiger partial charge in [-0.1, -0.05) is 11.3 Å². The van der Waals surface area contributed by atoms with Crippen molar-refractivity contribution >= 4 is 51.9 Å². The van der Waals surface area contributed by atoms with Crippen LogP contribution in [0.5, 0.6) is 0 Å². The highest BCUT2D eigenvalue weighted by Crippen LogP contribution is 2.30. The van der Waals surface area contributed by atoms with E-state index < -0.39 is 0 Å². The lowest BCUT2D eigenvalue weighted by Gasteiger charge is -2.39. The maximum Gasteiger partial charge on any atom is 0.234 e. The molecule has 13 heteroatoms. The first-order chi connectivity index (χ1) is 20.4. The van der Waals surface area contributed by atoms with Crippen LogP contribution in [0.2, 0.25) is 0 Å². The maximum atomic E-state index is 12.3. The molecule has 0 aliphatic carbocycles. The maximum absolute atomic E-state index is 12.3. The van der Waals surface area contributed by atoms with Crippen molar-refractivity contribution < 1.29 is 14.4 Å². The number of hydrogen-bond donors (Lipinski definition) is 2. The number of aromatic nitrogens is 4. The number of carbonyl (C=O) groups is 3. The molecule has 0 aromatic carbocycles. The van der Waals surface area contributed by atoms with Crippen molar-refractivity contribution in [3.05, 3.63) is 47.0 Å². The zero-order valence-corrected chi connectivity index (χ0v) is 24.5. The molecule has 2 amide bonds. The molecule has 220 valence electrons. The third-order valence-corrected chi connectivity index (χ3v) is 9.12. The Hall–Kier alpha value is -3.97. The van der Waals surface area contributed by atoms with Crippen LogP contribution < -0.4 is 20.4 Å². The second kappa shape index (κ2) is 12.5. The lowest BCUT2D eigenvalue weighted by molar-refractivity contribution is -0.134. The minimum atomic E-state index is -0.310. The van der Waals surface area contributed by atoms with Crippen molar-refractivity contribution in [3.63, 3.8) is 0 Å². The quantitative estimate of drug-likeness (QED) is 0.296. The number of aldehydes is 1. The van der Waals surface area contributed by atoms with E-state index in [0.717, 1.165) is 82.0 Å². The average molecular weight is 590 g/mol. The number of nitrogens with one attached hydrogen (secondary N) is 2. The molecular formula is C29H35N9O3S. The number of amides is 2. The van der Waals surface area contributed by atoms with E-state index in [0.29, 0.717) is 40.4 Å². The summed E-state index contributed by atoms with van der Waals surface area (Å²) in [6.07, 6.45) is 9.12. The molecule has 0 saturated carbocycles. The van der Waals surface area contributed by atoms with E-state index in [1.807, 2.05) is 19.2 Å². The van der Waals surface area contributed by atoms with Gasteiger partial charge in [0.15, 0.2) is 11.4 Å². The van der Waals surface area contributed by atoms with Gasteiger partial charge in [0.25, 0.3) is 0 Å². The zero-order valence-electron chi connectivity index (χ0n) is 23.7. The van der Waals surface area contributed by atoms with Gasteiger partial charge >= 0.3 is 0 Å². The molecule has 0 spiro atoms. The largest absolute Gasteiger partial charge is 0.370 e. The van der Waals surface area contributed by atoms with Crippen LogP contribution >= 0.6 is 11.3 Å². The fraction of sp³-hybridized carbons (Fsp3) is 0.483. The summed E-state index contributed by atoms with van der Waals surface area (Å²) in [4.78, 5) is 60.5. The van der Waals surface area contributed by atoms with E-state index in [1.165, 1.54) is 11.3 Å². The molecule has 6 rings (SSSR count). The summed E-state index contributed by atoms with van der Waals surface area (Å²) in [5.41, 5.74) is 1.94. The van der Waals surface area contributed by atoms with Gasteiger partial charge in [0.2, 0.25) is 11.8 Å². The Morgan fingerprint density at radius 2 is 1.81 bits per heavy atom. The number of piperidine rings is 2. The van der Waals surface area contributed by atoms with E-state index in [2.05, 4.69) is 51.3 Å². The summed E-state index contributed by atoms with van der Waals surface area (Å²) < 4.78 is 0. The van der Waals surface area contributed by atoms with Gasteiger partial charge in [0, 0.05) is 64.5 Å². The number of piperazine rings is 1. The normalized spacial score (nSPS) is 20.5. The second-order valence-electron chi connectivity index (χ2n) is 11.2. The molecule has 1 atom stereocenters. The Kier molecular flexibility index (Phi) is 8.38. The summed E-state index contributed by atoms with van der Waals surface area (Å²) in [6.45, 7) is 8.69. The molecule has 1 unspecified atom stereocenters. The highest BCUT2D eigenvalue weighted by Gasteiger charge is 2.29. The number of aryl methyl sites for hydroxylation is 1. The number of carbonyl (C=O) groups excluding carboxylic acids is 3. The lowest BCUT2D eigenvalue weighted by Crippen LogP contribution is -2.49. The van der Waals surface area contributed by atoms with Crippen molar-refractivity contribution in [1.82, 2.24) is 30.2 Å². The number of hydrogen-bond acceptors (Lipinski definition) is 12. The van der Waals surface area contributed by atoms with Crippen LogP contribution in [-0.4, -0.2) is 88.7 Å². The van der Waals surface area contributed by atoms with E-state index >= 15 is 0 Å². The number of rotatable bonds is 8. The Morgan fingerprint density at radius 1 is 1.00 bits per heavy atom. The first-order valence-electron chi connectivity index (χ1n) is 14.5. The molecule has 3 aromatic rings. The molecule has 42 heavy (non-hydrogen) atoms. The van der Waals surface area contributed by atoms with Crippen LogP contribution in [0.1, 0.15) is 52.7 Å². The first kappa shape index (κ1) is 28.2. The molecule has 3 aliphatic rings. The third-order valence-electron chi connectivity index (χ3n) is 8.28. The van der Waals surface area contributed by atoms with Gasteiger partial charge in [-0.05, 0) is 43.7 Å². The van der Waals surface area contributed by atoms with E-state index in [9.17, 15) is 14.4 Å². The molecule has 0 bridgehead atoms. The molecule has 6 heterocycles. The zero-order chi connectivity index (χ0) is 29.1. The topological polar surface area (TPSA) is 137 Å². The number of pyridine rings is 1. The van der Waals surface area contributed by atoms with Gasteiger partial charge in [0.05, 0.1) is 28.9 Å². The minimum absolute atomic E-state index is 0.196. The Morgan fingerprint density at radius 3 is 2.55 bits per heavy atom. The number of nitrogens with zero attached hydrogens (tertiary/aromatic N) is 7. The van der Waals surface area contributed by atoms with Crippen molar-refractivity contribution in [1.29, 1.82) is 0 Å². The van der Waals surface area contributed by atoms with E-state index in [4.69, 9.17) is 0 Å². The first-order valence-corrected chi connectivity index (χ1v) is 15.3. The predicted octanol–water partition coefficient (Wildman–Crippen LogP) is 2.75. The van der Waals surface area contributed by atoms with Gasteiger partial charge in [-0.15, -0.1) is 0 Å². The van der Waals surface area contributed by atoms with Crippen LogP contribution in [0.4, 0.5) is 22.5 Å². The van der Waals surface area contributed by atoms with Crippen LogP contribution in [0.15, 0.2) is 30.7 Å². The van der Waals surface area contributed by atoms with Crippen molar-refractivity contribution in [3.8, 4) is 0 Å². The molecule has 3 aliphatic heterocycles. The summed E-state index contributed by atoms with van der Waals surface area (Å²) in [7, 11) is 0. The van der Waals surface area contributed by atoms with Gasteiger partial charge in [-0.2, -0.15) is 0 Å². The Balaban J connectivity index is 0.983.